The predicted octanol–water partition coefficient (Wildman–Crippen LogP) is 1.98. The Morgan fingerprint density at radius 3 is 2.69 bits per heavy atom. The summed E-state index contributed by atoms with van der Waals surface area (Å²) in [6.07, 6.45) is 4.64. The van der Waals surface area contributed by atoms with E-state index in [1.807, 2.05) is 24.3 Å². The molecule has 3 rings (SSSR count). The minimum Gasteiger partial charge on any atom is -0.623 e. The van der Waals surface area contributed by atoms with Gasteiger partial charge in [-0.25, -0.2) is 4.74 Å². The van der Waals surface area contributed by atoms with Crippen LogP contribution in [0.1, 0.15) is 42.9 Å². The van der Waals surface area contributed by atoms with Crippen LogP contribution in [0.2, 0.25) is 0 Å². The van der Waals surface area contributed by atoms with Crippen molar-refractivity contribution in [2.45, 2.75) is 37.3 Å². The normalized spacial score (nSPS) is 26.6. The quantitative estimate of drug-likeness (QED) is 0.533. The van der Waals surface area contributed by atoms with Gasteiger partial charge in [0.1, 0.15) is 6.10 Å². The molecule has 0 aromatic heterocycles. The van der Waals surface area contributed by atoms with Crippen molar-refractivity contribution in [1.29, 1.82) is 0 Å². The molecule has 1 aromatic rings. The summed E-state index contributed by atoms with van der Waals surface area (Å²) in [7, 11) is 0. The summed E-state index contributed by atoms with van der Waals surface area (Å²) >= 11 is 0. The van der Waals surface area contributed by atoms with E-state index in [0.29, 0.717) is 0 Å². The Balaban J connectivity index is 2.15. The Morgan fingerprint density at radius 2 is 1.94 bits per heavy atom. The molecule has 0 bridgehead atoms. The van der Waals surface area contributed by atoms with Gasteiger partial charge in [0.25, 0.3) is 0 Å². The van der Waals surface area contributed by atoms with Gasteiger partial charge in [0.05, 0.1) is 0 Å². The third-order valence-electron chi connectivity index (χ3n) is 3.96. The highest BCUT2D eigenvalue weighted by atomic mass is 16.5. The molecule has 84 valence electrons. The van der Waals surface area contributed by atoms with Crippen LogP contribution in [0.3, 0.4) is 0 Å². The topological polar surface area (TPSA) is 46.3 Å². The largest absolute Gasteiger partial charge is 0.623 e. The molecular weight excluding hydrogens is 202 g/mol. The highest BCUT2D eigenvalue weighted by molar-refractivity contribution is 5.79. The van der Waals surface area contributed by atoms with Gasteiger partial charge in [-0.3, -0.25) is 0 Å². The predicted molar refractivity (Wildman–Crippen MR) is 61.4 cm³/mol. The van der Waals surface area contributed by atoms with E-state index in [2.05, 4.69) is 0 Å². The first-order valence-corrected chi connectivity index (χ1v) is 5.82. The number of hydroxylamine groups is 1. The zero-order valence-corrected chi connectivity index (χ0v) is 9.10. The third-order valence-corrected chi connectivity index (χ3v) is 3.96. The van der Waals surface area contributed by atoms with Gasteiger partial charge in [-0.2, -0.15) is 0 Å². The summed E-state index contributed by atoms with van der Waals surface area (Å²) in [5, 5.41) is 22.5. The SMILES string of the molecule is [O-][N+]1=Cc2ccccc2[C@H](O)C12CCCC2. The Bertz CT molecular complexity index is 447. The molecule has 1 saturated carbocycles. The molecule has 3 nitrogen and oxygen atoms in total. The number of hydrogen-bond acceptors (Lipinski definition) is 2. The first kappa shape index (κ1) is 9.85. The maximum absolute atomic E-state index is 12.1. The lowest BCUT2D eigenvalue weighted by Gasteiger charge is -2.35. The molecule has 1 aliphatic carbocycles. The summed E-state index contributed by atoms with van der Waals surface area (Å²) < 4.78 is 0.993. The van der Waals surface area contributed by atoms with E-state index < -0.39 is 11.6 Å². The van der Waals surface area contributed by atoms with Gasteiger partial charge in [0.2, 0.25) is 5.54 Å². The standard InChI is InChI=1S/C13H15NO2/c15-12-11-6-2-1-5-10(11)9-14(16)13(12)7-3-4-8-13/h1-2,5-6,9,12,15H,3-4,7-8H2/t12-/m0/s1. The highest BCUT2D eigenvalue weighted by Crippen LogP contribution is 2.44. The molecule has 1 fully saturated rings. The van der Waals surface area contributed by atoms with Crippen LogP contribution in [0, 0.1) is 5.21 Å². The van der Waals surface area contributed by atoms with E-state index in [1.54, 1.807) is 6.21 Å². The lowest BCUT2D eigenvalue weighted by molar-refractivity contribution is -0.562. The number of rotatable bonds is 0. The second-order valence-electron chi connectivity index (χ2n) is 4.80. The van der Waals surface area contributed by atoms with Crippen molar-refractivity contribution < 1.29 is 9.85 Å². The molecule has 0 amide bonds. The zero-order chi connectivity index (χ0) is 11.2. The number of aliphatic hydroxyl groups is 1. The molecule has 1 heterocycles. The van der Waals surface area contributed by atoms with Crippen molar-refractivity contribution in [3.8, 4) is 0 Å². The average molecular weight is 217 g/mol. The Morgan fingerprint density at radius 1 is 1.25 bits per heavy atom. The fourth-order valence-electron chi connectivity index (χ4n) is 3.02. The molecule has 1 aliphatic heterocycles. The smallest absolute Gasteiger partial charge is 0.202 e. The second-order valence-corrected chi connectivity index (χ2v) is 4.80. The van der Waals surface area contributed by atoms with Gasteiger partial charge in [0, 0.05) is 24.0 Å². The number of nitrogens with zero attached hydrogens (tertiary/aromatic N) is 1. The summed E-state index contributed by atoms with van der Waals surface area (Å²) in [6, 6.07) is 7.61. The van der Waals surface area contributed by atoms with E-state index in [-0.39, 0.29) is 0 Å². The fourth-order valence-corrected chi connectivity index (χ4v) is 3.02. The van der Waals surface area contributed by atoms with Crippen LogP contribution in [0.5, 0.6) is 0 Å². The van der Waals surface area contributed by atoms with Crippen molar-refractivity contribution in [3.63, 3.8) is 0 Å². The van der Waals surface area contributed by atoms with E-state index in [1.165, 1.54) is 0 Å². The number of fused-ring (bicyclic) bond motifs is 1. The van der Waals surface area contributed by atoms with E-state index in [4.69, 9.17) is 0 Å². The average Bonchev–Trinajstić information content (AvgIpc) is 2.77. The summed E-state index contributed by atoms with van der Waals surface area (Å²) in [4.78, 5) is 0. The molecule has 1 atom stereocenters. The van der Waals surface area contributed by atoms with Crippen LogP contribution in [0.4, 0.5) is 0 Å². The molecule has 1 N–H and O–H groups in total. The van der Waals surface area contributed by atoms with E-state index in [0.717, 1.165) is 41.5 Å². The van der Waals surface area contributed by atoms with Gasteiger partial charge in [-0.1, -0.05) is 18.2 Å². The second kappa shape index (κ2) is 3.32. The van der Waals surface area contributed by atoms with Crippen LogP contribution >= 0.6 is 0 Å². The van der Waals surface area contributed by atoms with E-state index >= 15 is 0 Å². The minimum absolute atomic E-state index is 0.589. The Hall–Kier alpha value is -1.35. The molecule has 0 saturated heterocycles. The van der Waals surface area contributed by atoms with Gasteiger partial charge in [-0.05, 0) is 18.9 Å². The monoisotopic (exact) mass is 217 g/mol. The fraction of sp³-hybridized carbons (Fsp3) is 0.462. The van der Waals surface area contributed by atoms with Gasteiger partial charge >= 0.3 is 0 Å². The van der Waals surface area contributed by atoms with Crippen molar-refractivity contribution in [2.75, 3.05) is 0 Å². The van der Waals surface area contributed by atoms with Crippen molar-refractivity contribution >= 4 is 6.21 Å². The molecule has 3 heteroatoms. The van der Waals surface area contributed by atoms with E-state index in [9.17, 15) is 10.3 Å². The number of aliphatic hydroxyl groups excluding tert-OH is 1. The summed E-state index contributed by atoms with van der Waals surface area (Å²) in [5.74, 6) is 0. The lowest BCUT2D eigenvalue weighted by Crippen LogP contribution is -2.46. The molecule has 2 aliphatic rings. The van der Waals surface area contributed by atoms with Crippen LogP contribution in [-0.4, -0.2) is 21.6 Å². The minimum atomic E-state index is -0.645. The van der Waals surface area contributed by atoms with Crippen molar-refractivity contribution in [2.24, 2.45) is 0 Å². The van der Waals surface area contributed by atoms with Crippen LogP contribution in [0.15, 0.2) is 24.3 Å². The van der Waals surface area contributed by atoms with Crippen LogP contribution in [-0.2, 0) is 0 Å². The lowest BCUT2D eigenvalue weighted by atomic mass is 9.82. The third kappa shape index (κ3) is 1.15. The maximum atomic E-state index is 12.1. The van der Waals surface area contributed by atoms with Gasteiger partial charge in [0.15, 0.2) is 6.21 Å². The van der Waals surface area contributed by atoms with Gasteiger partial charge in [-0.15, -0.1) is 0 Å². The first-order chi connectivity index (χ1) is 7.74. The first-order valence-electron chi connectivity index (χ1n) is 5.82. The van der Waals surface area contributed by atoms with Crippen LogP contribution < -0.4 is 0 Å². The zero-order valence-electron chi connectivity index (χ0n) is 9.10. The molecule has 0 unspecified atom stereocenters. The number of hydrogen-bond donors (Lipinski definition) is 1. The molecular formula is C13H15NO2. The molecule has 1 aromatic carbocycles. The molecule has 16 heavy (non-hydrogen) atoms. The number of benzene rings is 1. The Labute approximate surface area is 94.6 Å². The summed E-state index contributed by atoms with van der Waals surface area (Å²) in [6.45, 7) is 0. The van der Waals surface area contributed by atoms with Crippen molar-refractivity contribution in [1.82, 2.24) is 0 Å². The van der Waals surface area contributed by atoms with Gasteiger partial charge < -0.3 is 10.3 Å². The Kier molecular flexibility index (Phi) is 2.04. The van der Waals surface area contributed by atoms with Crippen molar-refractivity contribution in [3.05, 3.63) is 40.6 Å². The molecule has 0 radical (unpaired) electrons. The highest BCUT2D eigenvalue weighted by Gasteiger charge is 2.51. The summed E-state index contributed by atoms with van der Waals surface area (Å²) in [5.41, 5.74) is 1.16. The van der Waals surface area contributed by atoms with Crippen LogP contribution in [0.25, 0.3) is 0 Å². The molecule has 1 spiro atoms. The maximum Gasteiger partial charge on any atom is 0.202 e.